The molecule has 4 nitrogen and oxygen atoms in total. The molecule has 2 aromatic heterocycles. The van der Waals surface area contributed by atoms with E-state index in [4.69, 9.17) is 15.0 Å². The van der Waals surface area contributed by atoms with Gasteiger partial charge in [-0.1, -0.05) is 0 Å². The molecule has 0 fully saturated rings. The Morgan fingerprint density at radius 3 is 3.18 bits per heavy atom. The van der Waals surface area contributed by atoms with Gasteiger partial charge in [-0.3, -0.25) is 0 Å². The van der Waals surface area contributed by atoms with Crippen molar-refractivity contribution in [1.82, 2.24) is 4.73 Å². The van der Waals surface area contributed by atoms with E-state index in [1.807, 2.05) is 0 Å². The first-order valence-corrected chi connectivity index (χ1v) is 3.22. The Bertz CT molecular complexity index is 375. The molecule has 0 saturated heterocycles. The van der Waals surface area contributed by atoms with E-state index in [1.165, 1.54) is 4.73 Å². The SMILES string of the molecule is COn1c(N)cc2occc21. The Morgan fingerprint density at radius 2 is 2.45 bits per heavy atom. The van der Waals surface area contributed by atoms with Gasteiger partial charge >= 0.3 is 0 Å². The molecule has 2 N–H and O–H groups in total. The summed E-state index contributed by atoms with van der Waals surface area (Å²) < 4.78 is 6.61. The number of furan rings is 1. The molecule has 11 heavy (non-hydrogen) atoms. The quantitative estimate of drug-likeness (QED) is 0.659. The molecular weight excluding hydrogens is 144 g/mol. The van der Waals surface area contributed by atoms with Crippen LogP contribution in [0.4, 0.5) is 5.82 Å². The molecule has 0 bridgehead atoms. The standard InChI is InChI=1S/C7H8N2O2/c1-10-9-5-2-3-11-6(5)4-7(9)8/h2-4H,8H2,1H3. The number of aromatic nitrogens is 1. The summed E-state index contributed by atoms with van der Waals surface area (Å²) in [5.41, 5.74) is 7.18. The number of nitrogen functional groups attached to an aromatic ring is 1. The number of anilines is 1. The van der Waals surface area contributed by atoms with E-state index in [1.54, 1.807) is 25.5 Å². The molecule has 0 aliphatic heterocycles. The van der Waals surface area contributed by atoms with Crippen molar-refractivity contribution in [3.63, 3.8) is 0 Å². The molecule has 58 valence electrons. The lowest BCUT2D eigenvalue weighted by atomic mass is 10.5. The van der Waals surface area contributed by atoms with E-state index in [9.17, 15) is 0 Å². The Morgan fingerprint density at radius 1 is 1.64 bits per heavy atom. The van der Waals surface area contributed by atoms with Gasteiger partial charge in [0.25, 0.3) is 0 Å². The highest BCUT2D eigenvalue weighted by molar-refractivity contribution is 5.78. The number of hydrogen-bond donors (Lipinski definition) is 1. The van der Waals surface area contributed by atoms with E-state index in [0.29, 0.717) is 5.82 Å². The zero-order chi connectivity index (χ0) is 7.84. The zero-order valence-corrected chi connectivity index (χ0v) is 6.07. The summed E-state index contributed by atoms with van der Waals surface area (Å²) >= 11 is 0. The van der Waals surface area contributed by atoms with Gasteiger partial charge in [0.15, 0.2) is 5.58 Å². The summed E-state index contributed by atoms with van der Waals surface area (Å²) in [6.07, 6.45) is 1.60. The maximum absolute atomic E-state index is 5.59. The maximum atomic E-state index is 5.59. The van der Waals surface area contributed by atoms with Crippen LogP contribution in [0.3, 0.4) is 0 Å². The minimum Gasteiger partial charge on any atom is -0.462 e. The van der Waals surface area contributed by atoms with Gasteiger partial charge in [-0.15, -0.1) is 0 Å². The Hall–Kier alpha value is -1.58. The van der Waals surface area contributed by atoms with Crippen molar-refractivity contribution in [2.75, 3.05) is 12.8 Å². The molecule has 0 unspecified atom stereocenters. The second kappa shape index (κ2) is 1.95. The van der Waals surface area contributed by atoms with Crippen LogP contribution in [-0.4, -0.2) is 11.8 Å². The molecule has 2 rings (SSSR count). The smallest absolute Gasteiger partial charge is 0.157 e. The minimum atomic E-state index is 0.543. The van der Waals surface area contributed by atoms with Crippen molar-refractivity contribution in [3.8, 4) is 0 Å². The molecule has 0 amide bonds. The van der Waals surface area contributed by atoms with E-state index in [2.05, 4.69) is 0 Å². The molecule has 0 aliphatic carbocycles. The normalized spacial score (nSPS) is 10.6. The number of fused-ring (bicyclic) bond motifs is 1. The van der Waals surface area contributed by atoms with Gasteiger partial charge in [0.1, 0.15) is 18.4 Å². The molecule has 0 aromatic carbocycles. The van der Waals surface area contributed by atoms with Gasteiger partial charge in [-0.2, -0.15) is 4.73 Å². The van der Waals surface area contributed by atoms with Crippen LogP contribution in [0.15, 0.2) is 22.8 Å². The average Bonchev–Trinajstić information content (AvgIpc) is 2.46. The van der Waals surface area contributed by atoms with Crippen LogP contribution in [0.1, 0.15) is 0 Å². The number of nitrogens with two attached hydrogens (primary N) is 1. The fraction of sp³-hybridized carbons (Fsp3) is 0.143. The topological polar surface area (TPSA) is 53.3 Å². The highest BCUT2D eigenvalue weighted by atomic mass is 16.6. The largest absolute Gasteiger partial charge is 0.462 e. The molecule has 0 aliphatic rings. The third-order valence-corrected chi connectivity index (χ3v) is 1.59. The van der Waals surface area contributed by atoms with Crippen molar-refractivity contribution in [1.29, 1.82) is 0 Å². The molecule has 2 heterocycles. The third kappa shape index (κ3) is 0.690. The van der Waals surface area contributed by atoms with Gasteiger partial charge in [0.2, 0.25) is 0 Å². The van der Waals surface area contributed by atoms with Gasteiger partial charge < -0.3 is 15.0 Å². The average molecular weight is 152 g/mol. The zero-order valence-electron chi connectivity index (χ0n) is 6.07. The summed E-state index contributed by atoms with van der Waals surface area (Å²) in [4.78, 5) is 4.99. The lowest BCUT2D eigenvalue weighted by Crippen LogP contribution is -2.07. The van der Waals surface area contributed by atoms with Crippen molar-refractivity contribution < 1.29 is 9.25 Å². The van der Waals surface area contributed by atoms with E-state index >= 15 is 0 Å². The number of nitrogens with zero attached hydrogens (tertiary/aromatic N) is 1. The minimum absolute atomic E-state index is 0.543. The van der Waals surface area contributed by atoms with Crippen LogP contribution < -0.4 is 10.6 Å². The van der Waals surface area contributed by atoms with Gasteiger partial charge in [0.05, 0.1) is 6.26 Å². The van der Waals surface area contributed by atoms with Crippen LogP contribution >= 0.6 is 0 Å². The lowest BCUT2D eigenvalue weighted by molar-refractivity contribution is 0.184. The number of rotatable bonds is 1. The third-order valence-electron chi connectivity index (χ3n) is 1.59. The Balaban J connectivity index is 2.80. The van der Waals surface area contributed by atoms with Gasteiger partial charge in [-0.25, -0.2) is 0 Å². The second-order valence-electron chi connectivity index (χ2n) is 2.22. The summed E-state index contributed by atoms with van der Waals surface area (Å²) in [6.45, 7) is 0. The first-order chi connectivity index (χ1) is 5.33. The highest BCUT2D eigenvalue weighted by Gasteiger charge is 2.07. The van der Waals surface area contributed by atoms with Crippen LogP contribution in [0.2, 0.25) is 0 Å². The van der Waals surface area contributed by atoms with Crippen molar-refractivity contribution >= 4 is 16.9 Å². The van der Waals surface area contributed by atoms with E-state index < -0.39 is 0 Å². The molecule has 0 saturated carbocycles. The van der Waals surface area contributed by atoms with Crippen molar-refractivity contribution in [3.05, 3.63) is 18.4 Å². The summed E-state index contributed by atoms with van der Waals surface area (Å²) in [5.74, 6) is 0.543. The molecule has 0 atom stereocenters. The summed E-state index contributed by atoms with van der Waals surface area (Å²) in [6, 6.07) is 3.52. The fourth-order valence-electron chi connectivity index (χ4n) is 1.13. The maximum Gasteiger partial charge on any atom is 0.157 e. The molecule has 0 spiro atoms. The Kier molecular flexibility index (Phi) is 1.09. The monoisotopic (exact) mass is 152 g/mol. The van der Waals surface area contributed by atoms with Gasteiger partial charge in [0, 0.05) is 12.1 Å². The Labute approximate surface area is 63.1 Å². The predicted octanol–water partition coefficient (Wildman–Crippen LogP) is 0.875. The predicted molar refractivity (Wildman–Crippen MR) is 41.1 cm³/mol. The molecule has 4 heteroatoms. The first kappa shape index (κ1) is 6.15. The lowest BCUT2D eigenvalue weighted by Gasteiger charge is -2.01. The first-order valence-electron chi connectivity index (χ1n) is 3.22. The summed E-state index contributed by atoms with van der Waals surface area (Å²) in [5, 5.41) is 0. The molecule has 0 radical (unpaired) electrons. The second-order valence-corrected chi connectivity index (χ2v) is 2.22. The molecule has 2 aromatic rings. The number of hydrogen-bond acceptors (Lipinski definition) is 3. The highest BCUT2D eigenvalue weighted by Crippen LogP contribution is 2.20. The van der Waals surface area contributed by atoms with Crippen LogP contribution in [0.25, 0.3) is 11.1 Å². The summed E-state index contributed by atoms with van der Waals surface area (Å²) in [7, 11) is 1.56. The van der Waals surface area contributed by atoms with Crippen molar-refractivity contribution in [2.45, 2.75) is 0 Å². The molecular formula is C7H8N2O2. The van der Waals surface area contributed by atoms with E-state index in [0.717, 1.165) is 11.1 Å². The van der Waals surface area contributed by atoms with Crippen LogP contribution in [0, 0.1) is 0 Å². The van der Waals surface area contributed by atoms with E-state index in [-0.39, 0.29) is 0 Å². The van der Waals surface area contributed by atoms with Crippen LogP contribution in [-0.2, 0) is 0 Å². The van der Waals surface area contributed by atoms with Crippen molar-refractivity contribution in [2.24, 2.45) is 0 Å². The van der Waals surface area contributed by atoms with Gasteiger partial charge in [-0.05, 0) is 0 Å². The van der Waals surface area contributed by atoms with Crippen LogP contribution in [0.5, 0.6) is 0 Å². The fourth-order valence-corrected chi connectivity index (χ4v) is 1.13.